The fourth-order valence-corrected chi connectivity index (χ4v) is 3.09. The Labute approximate surface area is 124 Å². The van der Waals surface area contributed by atoms with Crippen molar-refractivity contribution >= 4 is 49.0 Å². The van der Waals surface area contributed by atoms with Crippen LogP contribution in [-0.4, -0.2) is 14.5 Å². The van der Waals surface area contributed by atoms with Crippen LogP contribution in [-0.2, 0) is 6.54 Å². The van der Waals surface area contributed by atoms with E-state index in [1.54, 1.807) is 0 Å². The number of aryl methyl sites for hydroxylation is 1. The van der Waals surface area contributed by atoms with Gasteiger partial charge in [-0.1, -0.05) is 28.1 Å². The molecule has 0 N–H and O–H groups in total. The first-order valence-corrected chi connectivity index (χ1v) is 7.41. The molecule has 0 aliphatic carbocycles. The molecule has 20 heavy (non-hydrogen) atoms. The summed E-state index contributed by atoms with van der Waals surface area (Å²) in [6.45, 7) is 3.02. The van der Waals surface area contributed by atoms with Gasteiger partial charge in [0.15, 0.2) is 5.65 Å². The van der Waals surface area contributed by atoms with Crippen LogP contribution in [0.4, 0.5) is 0 Å². The molecular weight excluding hydrogens is 314 g/mol. The second-order valence-electron chi connectivity index (χ2n) is 4.79. The highest BCUT2D eigenvalue weighted by Crippen LogP contribution is 2.30. The van der Waals surface area contributed by atoms with Crippen molar-refractivity contribution in [2.24, 2.45) is 0 Å². The van der Waals surface area contributed by atoms with E-state index in [9.17, 15) is 0 Å². The molecule has 0 radical (unpaired) electrons. The van der Waals surface area contributed by atoms with Gasteiger partial charge in [-0.2, -0.15) is 0 Å². The largest absolute Gasteiger partial charge is 0.324 e. The van der Waals surface area contributed by atoms with Gasteiger partial charge in [-0.25, -0.2) is 9.97 Å². The molecule has 0 bridgehead atoms. The third-order valence-electron chi connectivity index (χ3n) is 3.63. The lowest BCUT2D eigenvalue weighted by Gasteiger charge is -2.02. The Hall–Kier alpha value is -1.94. The van der Waals surface area contributed by atoms with E-state index in [0.717, 1.165) is 38.6 Å². The van der Waals surface area contributed by atoms with Crippen molar-refractivity contribution in [2.45, 2.75) is 13.5 Å². The average Bonchev–Trinajstić information content (AvgIpc) is 2.77. The Kier molecular flexibility index (Phi) is 2.54. The molecule has 0 atom stereocenters. The van der Waals surface area contributed by atoms with Crippen molar-refractivity contribution in [1.29, 1.82) is 0 Å². The van der Waals surface area contributed by atoms with Gasteiger partial charge in [-0.05, 0) is 37.3 Å². The zero-order valence-corrected chi connectivity index (χ0v) is 12.6. The molecule has 2 heterocycles. The van der Waals surface area contributed by atoms with E-state index < -0.39 is 0 Å². The Morgan fingerprint density at radius 3 is 2.55 bits per heavy atom. The highest BCUT2D eigenvalue weighted by molar-refractivity contribution is 9.10. The molecule has 4 aromatic rings. The van der Waals surface area contributed by atoms with E-state index in [2.05, 4.69) is 45.6 Å². The second kappa shape index (κ2) is 4.28. The molecule has 0 spiro atoms. The van der Waals surface area contributed by atoms with Crippen LogP contribution in [0.2, 0.25) is 0 Å². The van der Waals surface area contributed by atoms with E-state index in [1.165, 1.54) is 5.52 Å². The van der Waals surface area contributed by atoms with E-state index >= 15 is 0 Å². The van der Waals surface area contributed by atoms with Crippen molar-refractivity contribution in [3.8, 4) is 0 Å². The van der Waals surface area contributed by atoms with Gasteiger partial charge in [0, 0.05) is 16.4 Å². The van der Waals surface area contributed by atoms with E-state index in [1.807, 2.05) is 24.3 Å². The zero-order valence-electron chi connectivity index (χ0n) is 11.0. The lowest BCUT2D eigenvalue weighted by molar-refractivity contribution is 0.817. The number of fused-ring (bicyclic) bond motifs is 4. The first kappa shape index (κ1) is 11.9. The van der Waals surface area contributed by atoms with E-state index in [-0.39, 0.29) is 0 Å². The number of para-hydroxylation sites is 2. The fourth-order valence-electron chi connectivity index (χ4n) is 2.73. The van der Waals surface area contributed by atoms with Crippen LogP contribution >= 0.6 is 15.9 Å². The fraction of sp³-hybridized carbons (Fsp3) is 0.125. The minimum atomic E-state index is 0.884. The first-order valence-electron chi connectivity index (χ1n) is 6.62. The third-order valence-corrected chi connectivity index (χ3v) is 4.12. The highest BCUT2D eigenvalue weighted by atomic mass is 79.9. The number of benzene rings is 2. The molecule has 0 fully saturated rings. The minimum Gasteiger partial charge on any atom is -0.324 e. The average molecular weight is 326 g/mol. The molecule has 4 rings (SSSR count). The highest BCUT2D eigenvalue weighted by Gasteiger charge is 2.13. The SMILES string of the molecule is CCn1c2ccc(Br)cc2c2nc3ccccc3nc21. The van der Waals surface area contributed by atoms with Crippen molar-refractivity contribution in [3.63, 3.8) is 0 Å². The zero-order chi connectivity index (χ0) is 13.7. The lowest BCUT2D eigenvalue weighted by atomic mass is 10.2. The Morgan fingerprint density at radius 1 is 1.05 bits per heavy atom. The van der Waals surface area contributed by atoms with E-state index in [4.69, 9.17) is 9.97 Å². The van der Waals surface area contributed by atoms with Gasteiger partial charge in [-0.15, -0.1) is 0 Å². The van der Waals surface area contributed by atoms with Gasteiger partial charge in [0.25, 0.3) is 0 Å². The molecule has 0 aliphatic heterocycles. The number of hydrogen-bond acceptors (Lipinski definition) is 2. The van der Waals surface area contributed by atoms with Gasteiger partial charge >= 0.3 is 0 Å². The number of nitrogens with zero attached hydrogens (tertiary/aromatic N) is 3. The molecule has 4 heteroatoms. The monoisotopic (exact) mass is 325 g/mol. The summed E-state index contributed by atoms with van der Waals surface area (Å²) in [5.41, 5.74) is 4.99. The van der Waals surface area contributed by atoms with Crippen LogP contribution in [0.5, 0.6) is 0 Å². The predicted octanol–water partition coefficient (Wildman–Crippen LogP) is 4.52. The van der Waals surface area contributed by atoms with Crippen LogP contribution < -0.4 is 0 Å². The van der Waals surface area contributed by atoms with Gasteiger partial charge in [-0.3, -0.25) is 0 Å². The van der Waals surface area contributed by atoms with Gasteiger partial charge in [0.05, 0.1) is 16.6 Å². The van der Waals surface area contributed by atoms with Crippen molar-refractivity contribution < 1.29 is 0 Å². The van der Waals surface area contributed by atoms with Crippen LogP contribution in [0.15, 0.2) is 46.9 Å². The first-order chi connectivity index (χ1) is 9.78. The number of hydrogen-bond donors (Lipinski definition) is 0. The van der Waals surface area contributed by atoms with Gasteiger partial charge in [0.2, 0.25) is 0 Å². The Bertz CT molecular complexity index is 956. The molecule has 0 aliphatic rings. The summed E-state index contributed by atoms with van der Waals surface area (Å²) in [5, 5.41) is 1.15. The maximum Gasteiger partial charge on any atom is 0.160 e. The summed E-state index contributed by atoms with van der Waals surface area (Å²) in [6.07, 6.45) is 0. The Morgan fingerprint density at radius 2 is 1.80 bits per heavy atom. The Balaban J connectivity index is 2.28. The third kappa shape index (κ3) is 1.58. The molecule has 0 amide bonds. The normalized spacial score (nSPS) is 11.7. The smallest absolute Gasteiger partial charge is 0.160 e. The quantitative estimate of drug-likeness (QED) is 0.515. The lowest BCUT2D eigenvalue weighted by Crippen LogP contribution is -1.96. The predicted molar refractivity (Wildman–Crippen MR) is 85.9 cm³/mol. The van der Waals surface area contributed by atoms with E-state index in [0.29, 0.717) is 0 Å². The summed E-state index contributed by atoms with van der Waals surface area (Å²) in [6, 6.07) is 14.3. The second-order valence-corrected chi connectivity index (χ2v) is 5.71. The summed E-state index contributed by atoms with van der Waals surface area (Å²) in [7, 11) is 0. The summed E-state index contributed by atoms with van der Waals surface area (Å²) >= 11 is 3.54. The van der Waals surface area contributed by atoms with Crippen LogP contribution in [0.3, 0.4) is 0 Å². The van der Waals surface area contributed by atoms with Crippen LogP contribution in [0.25, 0.3) is 33.1 Å². The molecule has 2 aromatic heterocycles. The summed E-state index contributed by atoms with van der Waals surface area (Å²) in [5.74, 6) is 0. The maximum atomic E-state index is 4.81. The maximum absolute atomic E-state index is 4.81. The van der Waals surface area contributed by atoms with Crippen LogP contribution in [0, 0.1) is 0 Å². The molecule has 0 unspecified atom stereocenters. The topological polar surface area (TPSA) is 30.7 Å². The molecule has 0 saturated heterocycles. The van der Waals surface area contributed by atoms with Crippen LogP contribution in [0.1, 0.15) is 6.92 Å². The number of halogens is 1. The van der Waals surface area contributed by atoms with Crippen molar-refractivity contribution in [3.05, 3.63) is 46.9 Å². The summed E-state index contributed by atoms with van der Waals surface area (Å²) in [4.78, 5) is 9.61. The molecule has 0 saturated carbocycles. The standard InChI is InChI=1S/C16H12BrN3/c1-2-20-14-8-7-10(17)9-11(14)15-16(20)19-13-6-4-3-5-12(13)18-15/h3-9H,2H2,1H3. The minimum absolute atomic E-state index is 0.884. The molecule has 3 nitrogen and oxygen atoms in total. The van der Waals surface area contributed by atoms with Gasteiger partial charge < -0.3 is 4.57 Å². The van der Waals surface area contributed by atoms with Crippen molar-refractivity contribution in [1.82, 2.24) is 14.5 Å². The van der Waals surface area contributed by atoms with Gasteiger partial charge in [0.1, 0.15) is 5.52 Å². The molecular formula is C16H12BrN3. The number of aromatic nitrogens is 3. The number of rotatable bonds is 1. The molecule has 2 aromatic carbocycles. The molecule has 98 valence electrons. The van der Waals surface area contributed by atoms with Crippen molar-refractivity contribution in [2.75, 3.05) is 0 Å². The summed E-state index contributed by atoms with van der Waals surface area (Å²) < 4.78 is 3.28.